The predicted molar refractivity (Wildman–Crippen MR) is 84.6 cm³/mol. The number of ether oxygens (including phenoxy) is 1. The van der Waals surface area contributed by atoms with Gasteiger partial charge in [0.2, 0.25) is 0 Å². The van der Waals surface area contributed by atoms with E-state index < -0.39 is 5.69 Å². The van der Waals surface area contributed by atoms with Crippen molar-refractivity contribution in [3.63, 3.8) is 0 Å². The maximum atomic E-state index is 12.1. The lowest BCUT2D eigenvalue weighted by Crippen LogP contribution is -2.36. The number of para-hydroxylation sites is 1. The van der Waals surface area contributed by atoms with Gasteiger partial charge in [-0.15, -0.1) is 0 Å². The van der Waals surface area contributed by atoms with Crippen LogP contribution >= 0.6 is 0 Å². The first-order valence-corrected chi connectivity index (χ1v) is 7.40. The van der Waals surface area contributed by atoms with E-state index in [9.17, 15) is 9.59 Å². The van der Waals surface area contributed by atoms with Gasteiger partial charge in [-0.3, -0.25) is 14.3 Å². The number of nitrogens with one attached hydrogen (secondary N) is 2. The van der Waals surface area contributed by atoms with Crippen molar-refractivity contribution < 1.29 is 4.74 Å². The van der Waals surface area contributed by atoms with Crippen LogP contribution < -0.4 is 21.3 Å². The maximum absolute atomic E-state index is 12.1. The van der Waals surface area contributed by atoms with Crippen molar-refractivity contribution in [2.75, 3.05) is 11.9 Å². The Bertz CT molecular complexity index is 760. The van der Waals surface area contributed by atoms with Crippen molar-refractivity contribution in [1.82, 2.24) is 9.55 Å². The molecule has 0 saturated carbocycles. The molecule has 6 nitrogen and oxygen atoms in total. The van der Waals surface area contributed by atoms with E-state index in [1.165, 1.54) is 10.6 Å². The van der Waals surface area contributed by atoms with Gasteiger partial charge in [0.25, 0.3) is 5.56 Å². The molecular weight excluding hydrogens is 282 g/mol. The summed E-state index contributed by atoms with van der Waals surface area (Å²) in [6.45, 7) is 4.21. The molecule has 0 aliphatic carbocycles. The minimum Gasteiger partial charge on any atom is -0.493 e. The number of rotatable bonds is 3. The van der Waals surface area contributed by atoms with Crippen molar-refractivity contribution >= 4 is 5.82 Å². The van der Waals surface area contributed by atoms with Crippen LogP contribution in [0.25, 0.3) is 0 Å². The molecule has 0 radical (unpaired) electrons. The molecule has 1 aromatic carbocycles. The molecule has 1 atom stereocenters. The van der Waals surface area contributed by atoms with Gasteiger partial charge in [0.1, 0.15) is 11.6 Å². The first kappa shape index (κ1) is 14.4. The van der Waals surface area contributed by atoms with Crippen LogP contribution in [0.5, 0.6) is 5.75 Å². The molecule has 6 heteroatoms. The van der Waals surface area contributed by atoms with E-state index in [4.69, 9.17) is 4.74 Å². The second kappa shape index (κ2) is 5.71. The number of fused-ring (bicyclic) bond motifs is 1. The van der Waals surface area contributed by atoms with Crippen LogP contribution in [0.4, 0.5) is 5.82 Å². The van der Waals surface area contributed by atoms with Gasteiger partial charge in [0.05, 0.1) is 12.6 Å². The highest BCUT2D eigenvalue weighted by atomic mass is 16.5. The second-order valence-electron chi connectivity index (χ2n) is 5.66. The third-order valence-electron chi connectivity index (χ3n) is 3.77. The number of anilines is 1. The minimum absolute atomic E-state index is 0.00917. The molecule has 22 heavy (non-hydrogen) atoms. The first-order valence-electron chi connectivity index (χ1n) is 7.40. The van der Waals surface area contributed by atoms with Crippen molar-refractivity contribution in [3.8, 4) is 5.75 Å². The number of aromatic amines is 1. The van der Waals surface area contributed by atoms with E-state index in [2.05, 4.69) is 10.3 Å². The predicted octanol–water partition coefficient (Wildman–Crippen LogP) is 2.05. The molecule has 0 amide bonds. The number of hydrogen-bond donors (Lipinski definition) is 2. The number of benzene rings is 1. The lowest BCUT2D eigenvalue weighted by molar-refractivity contribution is 0.274. The van der Waals surface area contributed by atoms with Crippen molar-refractivity contribution in [2.45, 2.75) is 32.4 Å². The van der Waals surface area contributed by atoms with Crippen LogP contribution in [0, 0.1) is 0 Å². The van der Waals surface area contributed by atoms with E-state index in [0.717, 1.165) is 17.7 Å². The fraction of sp³-hybridized carbons (Fsp3) is 0.375. The topological polar surface area (TPSA) is 76.1 Å². The largest absolute Gasteiger partial charge is 0.493 e. The van der Waals surface area contributed by atoms with Crippen LogP contribution in [-0.2, 0) is 0 Å². The highest BCUT2D eigenvalue weighted by Gasteiger charge is 2.21. The second-order valence-corrected chi connectivity index (χ2v) is 5.66. The van der Waals surface area contributed by atoms with Crippen LogP contribution in [0.1, 0.15) is 37.9 Å². The Morgan fingerprint density at radius 2 is 2.09 bits per heavy atom. The summed E-state index contributed by atoms with van der Waals surface area (Å²) in [6.07, 6.45) is 0.770. The fourth-order valence-corrected chi connectivity index (χ4v) is 2.75. The SMILES string of the molecule is CC(C)n1c(=O)cc(N[C@@H]2CCOc3ccccc32)[nH]c1=O. The summed E-state index contributed by atoms with van der Waals surface area (Å²) < 4.78 is 6.81. The quantitative estimate of drug-likeness (QED) is 0.910. The monoisotopic (exact) mass is 301 g/mol. The highest BCUT2D eigenvalue weighted by molar-refractivity contribution is 5.44. The molecule has 1 aliphatic heterocycles. The Hall–Kier alpha value is -2.50. The smallest absolute Gasteiger partial charge is 0.330 e. The zero-order valence-corrected chi connectivity index (χ0v) is 12.6. The number of H-pyrrole nitrogens is 1. The molecule has 1 aromatic heterocycles. The number of aromatic nitrogens is 2. The molecule has 0 saturated heterocycles. The van der Waals surface area contributed by atoms with Crippen LogP contribution in [0.2, 0.25) is 0 Å². The van der Waals surface area contributed by atoms with E-state index >= 15 is 0 Å². The Morgan fingerprint density at radius 1 is 1.32 bits per heavy atom. The van der Waals surface area contributed by atoms with E-state index in [-0.39, 0.29) is 17.6 Å². The minimum atomic E-state index is -0.398. The Morgan fingerprint density at radius 3 is 2.82 bits per heavy atom. The lowest BCUT2D eigenvalue weighted by atomic mass is 10.0. The van der Waals surface area contributed by atoms with E-state index in [1.807, 2.05) is 24.3 Å². The fourth-order valence-electron chi connectivity index (χ4n) is 2.75. The Balaban J connectivity index is 1.92. The highest BCUT2D eigenvalue weighted by Crippen LogP contribution is 2.33. The third-order valence-corrected chi connectivity index (χ3v) is 3.77. The molecule has 116 valence electrons. The number of nitrogens with zero attached hydrogens (tertiary/aromatic N) is 1. The van der Waals surface area contributed by atoms with Gasteiger partial charge in [0.15, 0.2) is 0 Å². The van der Waals surface area contributed by atoms with Gasteiger partial charge >= 0.3 is 5.69 Å². The summed E-state index contributed by atoms with van der Waals surface area (Å²) in [6, 6.07) is 9.04. The zero-order valence-electron chi connectivity index (χ0n) is 12.6. The summed E-state index contributed by atoms with van der Waals surface area (Å²) in [5.41, 5.74) is 0.328. The van der Waals surface area contributed by atoms with Crippen molar-refractivity contribution in [3.05, 3.63) is 56.7 Å². The summed E-state index contributed by atoms with van der Waals surface area (Å²) in [7, 11) is 0. The van der Waals surface area contributed by atoms with Crippen molar-refractivity contribution in [1.29, 1.82) is 0 Å². The van der Waals surface area contributed by atoms with Gasteiger partial charge in [-0.1, -0.05) is 18.2 Å². The molecule has 1 aliphatic rings. The summed E-state index contributed by atoms with van der Waals surface area (Å²) >= 11 is 0. The van der Waals surface area contributed by atoms with Gasteiger partial charge in [-0.25, -0.2) is 4.79 Å². The molecule has 0 unspecified atom stereocenters. The molecular formula is C16H19N3O3. The summed E-state index contributed by atoms with van der Waals surface area (Å²) in [4.78, 5) is 26.8. The standard InChI is InChI=1S/C16H19N3O3/c1-10(2)19-15(20)9-14(18-16(19)21)17-12-7-8-22-13-6-4-3-5-11(12)13/h3-6,9-10,12,17H,7-8H2,1-2H3,(H,18,21)/t12-/m1/s1. The Labute approximate surface area is 127 Å². The molecule has 2 aromatic rings. The normalized spacial score (nSPS) is 17.0. The maximum Gasteiger partial charge on any atom is 0.330 e. The average Bonchev–Trinajstić information content (AvgIpc) is 2.46. The molecule has 0 spiro atoms. The van der Waals surface area contributed by atoms with Gasteiger partial charge in [-0.2, -0.15) is 0 Å². The average molecular weight is 301 g/mol. The molecule has 0 fully saturated rings. The Kier molecular flexibility index (Phi) is 3.75. The summed E-state index contributed by atoms with van der Waals surface area (Å²) in [5, 5.41) is 3.24. The molecule has 2 N–H and O–H groups in total. The molecule has 2 heterocycles. The van der Waals surface area contributed by atoms with E-state index in [1.54, 1.807) is 13.8 Å². The summed E-state index contributed by atoms with van der Waals surface area (Å²) in [5.74, 6) is 1.28. The van der Waals surface area contributed by atoms with Gasteiger partial charge in [0, 0.05) is 24.1 Å². The van der Waals surface area contributed by atoms with Crippen LogP contribution in [0.15, 0.2) is 39.9 Å². The number of hydrogen-bond acceptors (Lipinski definition) is 4. The zero-order chi connectivity index (χ0) is 15.7. The van der Waals surface area contributed by atoms with Gasteiger partial charge < -0.3 is 10.1 Å². The lowest BCUT2D eigenvalue weighted by Gasteiger charge is -2.27. The molecule has 0 bridgehead atoms. The first-order chi connectivity index (χ1) is 10.6. The third kappa shape index (κ3) is 2.64. The van der Waals surface area contributed by atoms with Crippen LogP contribution in [-0.4, -0.2) is 16.2 Å². The van der Waals surface area contributed by atoms with Gasteiger partial charge in [-0.05, 0) is 19.9 Å². The van der Waals surface area contributed by atoms with Crippen LogP contribution in [0.3, 0.4) is 0 Å². The molecule has 3 rings (SSSR count). The van der Waals surface area contributed by atoms with Crippen molar-refractivity contribution in [2.24, 2.45) is 0 Å². The van der Waals surface area contributed by atoms with E-state index in [0.29, 0.717) is 12.4 Å².